The SMILES string of the molecule is CCOC(=O)[C@@H]1C(=O)N(CCOC)c2nc3ccccc3n2[C@@H]1c1ccncc1. The van der Waals surface area contributed by atoms with E-state index in [1.54, 1.807) is 26.4 Å². The molecule has 0 unspecified atom stereocenters. The van der Waals surface area contributed by atoms with Gasteiger partial charge in [-0.15, -0.1) is 0 Å². The molecule has 3 aromatic rings. The monoisotopic (exact) mass is 394 g/mol. The number of fused-ring (bicyclic) bond motifs is 3. The fourth-order valence-corrected chi connectivity index (χ4v) is 3.80. The molecule has 150 valence electrons. The number of hydrogen-bond donors (Lipinski definition) is 0. The number of carbonyl (C=O) groups is 2. The number of ether oxygens (including phenoxy) is 2. The molecule has 0 bridgehead atoms. The quantitative estimate of drug-likeness (QED) is 0.471. The van der Waals surface area contributed by atoms with Crippen molar-refractivity contribution in [1.29, 1.82) is 0 Å². The highest BCUT2D eigenvalue weighted by molar-refractivity contribution is 6.08. The molecule has 8 heteroatoms. The van der Waals surface area contributed by atoms with E-state index in [1.165, 1.54) is 4.90 Å². The number of para-hydroxylation sites is 2. The second-order valence-corrected chi connectivity index (χ2v) is 6.71. The van der Waals surface area contributed by atoms with Crippen LogP contribution in [-0.4, -0.2) is 53.3 Å². The number of imidazole rings is 1. The molecule has 2 aromatic heterocycles. The molecule has 2 atom stereocenters. The first-order valence-corrected chi connectivity index (χ1v) is 9.51. The zero-order valence-corrected chi connectivity index (χ0v) is 16.3. The van der Waals surface area contributed by atoms with E-state index in [2.05, 4.69) is 4.98 Å². The highest BCUT2D eigenvalue weighted by atomic mass is 16.5. The number of hydrogen-bond acceptors (Lipinski definition) is 6. The lowest BCUT2D eigenvalue weighted by Gasteiger charge is -2.37. The molecular weight excluding hydrogens is 372 g/mol. The van der Waals surface area contributed by atoms with Crippen molar-refractivity contribution >= 4 is 28.9 Å². The van der Waals surface area contributed by atoms with E-state index >= 15 is 0 Å². The van der Waals surface area contributed by atoms with Crippen molar-refractivity contribution in [3.63, 3.8) is 0 Å². The van der Waals surface area contributed by atoms with Crippen LogP contribution in [0.1, 0.15) is 18.5 Å². The molecule has 1 aliphatic rings. The van der Waals surface area contributed by atoms with Gasteiger partial charge in [-0.3, -0.25) is 19.5 Å². The summed E-state index contributed by atoms with van der Waals surface area (Å²) >= 11 is 0. The lowest BCUT2D eigenvalue weighted by atomic mass is 9.90. The van der Waals surface area contributed by atoms with Gasteiger partial charge in [0.25, 0.3) is 0 Å². The van der Waals surface area contributed by atoms with Crippen molar-refractivity contribution in [3.8, 4) is 0 Å². The summed E-state index contributed by atoms with van der Waals surface area (Å²) in [6, 6.07) is 10.7. The molecule has 0 spiro atoms. The Balaban J connectivity index is 1.97. The number of carbonyl (C=O) groups excluding carboxylic acids is 2. The van der Waals surface area contributed by atoms with Gasteiger partial charge in [0.2, 0.25) is 11.9 Å². The Labute approximate surface area is 168 Å². The largest absolute Gasteiger partial charge is 0.465 e. The van der Waals surface area contributed by atoms with Crippen molar-refractivity contribution < 1.29 is 19.1 Å². The van der Waals surface area contributed by atoms with Crippen LogP contribution in [0.3, 0.4) is 0 Å². The summed E-state index contributed by atoms with van der Waals surface area (Å²) in [5, 5.41) is 0. The van der Waals surface area contributed by atoms with Crippen LogP contribution >= 0.6 is 0 Å². The Hall–Kier alpha value is -3.26. The Morgan fingerprint density at radius 3 is 2.66 bits per heavy atom. The number of pyridine rings is 1. The number of benzene rings is 1. The summed E-state index contributed by atoms with van der Waals surface area (Å²) in [5.74, 6) is -1.43. The molecular formula is C21H22N4O4. The van der Waals surface area contributed by atoms with Gasteiger partial charge < -0.3 is 14.0 Å². The van der Waals surface area contributed by atoms with Crippen LogP contribution < -0.4 is 4.90 Å². The number of amides is 1. The molecule has 0 saturated carbocycles. The van der Waals surface area contributed by atoms with E-state index in [4.69, 9.17) is 14.5 Å². The Morgan fingerprint density at radius 1 is 1.17 bits per heavy atom. The van der Waals surface area contributed by atoms with Gasteiger partial charge in [0.05, 0.1) is 36.8 Å². The third-order valence-corrected chi connectivity index (χ3v) is 5.05. The van der Waals surface area contributed by atoms with Crippen LogP contribution in [0.25, 0.3) is 11.0 Å². The van der Waals surface area contributed by atoms with Crippen LogP contribution in [-0.2, 0) is 19.1 Å². The van der Waals surface area contributed by atoms with Crippen LogP contribution in [0.15, 0.2) is 48.8 Å². The van der Waals surface area contributed by atoms with Crippen LogP contribution in [0, 0.1) is 5.92 Å². The third kappa shape index (κ3) is 3.25. The molecule has 29 heavy (non-hydrogen) atoms. The Bertz CT molecular complexity index is 1030. The number of methoxy groups -OCH3 is 1. The fourth-order valence-electron chi connectivity index (χ4n) is 3.80. The van der Waals surface area contributed by atoms with Gasteiger partial charge in [-0.2, -0.15) is 0 Å². The molecule has 0 aliphatic carbocycles. The maximum absolute atomic E-state index is 13.5. The van der Waals surface area contributed by atoms with E-state index in [-0.39, 0.29) is 19.1 Å². The zero-order chi connectivity index (χ0) is 20.4. The molecule has 1 amide bonds. The number of rotatable bonds is 6. The van der Waals surface area contributed by atoms with Gasteiger partial charge in [0, 0.05) is 19.5 Å². The number of nitrogens with zero attached hydrogens (tertiary/aromatic N) is 4. The van der Waals surface area contributed by atoms with E-state index in [9.17, 15) is 9.59 Å². The summed E-state index contributed by atoms with van der Waals surface area (Å²) < 4.78 is 12.4. The number of anilines is 1. The van der Waals surface area contributed by atoms with Gasteiger partial charge in [0.15, 0.2) is 5.92 Å². The standard InChI is InChI=1S/C21H22N4O4/c1-3-29-20(27)17-18(14-8-10-22-11-9-14)25-16-7-5-4-6-15(16)23-21(25)24(19(17)26)12-13-28-2/h4-11,17-18H,3,12-13H2,1-2H3/t17-,18+/m0/s1. The summed E-state index contributed by atoms with van der Waals surface area (Å²) in [7, 11) is 1.57. The summed E-state index contributed by atoms with van der Waals surface area (Å²) in [5.41, 5.74) is 2.39. The maximum Gasteiger partial charge on any atom is 0.321 e. The van der Waals surface area contributed by atoms with Crippen LogP contribution in [0.4, 0.5) is 5.95 Å². The van der Waals surface area contributed by atoms with Crippen molar-refractivity contribution in [1.82, 2.24) is 14.5 Å². The van der Waals surface area contributed by atoms with Crippen molar-refractivity contribution in [2.24, 2.45) is 5.92 Å². The normalized spacial score (nSPS) is 18.7. The Kier molecular flexibility index (Phi) is 5.26. The minimum atomic E-state index is -1.03. The lowest BCUT2D eigenvalue weighted by molar-refractivity contribution is -0.153. The number of esters is 1. The summed E-state index contributed by atoms with van der Waals surface area (Å²) in [6.07, 6.45) is 3.30. The molecule has 3 heterocycles. The molecule has 4 rings (SSSR count). The lowest BCUT2D eigenvalue weighted by Crippen LogP contribution is -2.51. The molecule has 1 aliphatic heterocycles. The molecule has 0 radical (unpaired) electrons. The molecule has 1 aromatic carbocycles. The van der Waals surface area contributed by atoms with Gasteiger partial charge >= 0.3 is 5.97 Å². The average molecular weight is 394 g/mol. The van der Waals surface area contributed by atoms with Crippen LogP contribution in [0.2, 0.25) is 0 Å². The van der Waals surface area contributed by atoms with E-state index in [0.717, 1.165) is 16.6 Å². The molecule has 0 N–H and O–H groups in total. The Morgan fingerprint density at radius 2 is 1.93 bits per heavy atom. The van der Waals surface area contributed by atoms with Gasteiger partial charge in [-0.05, 0) is 36.8 Å². The highest BCUT2D eigenvalue weighted by Crippen LogP contribution is 2.40. The second kappa shape index (κ2) is 8.00. The van der Waals surface area contributed by atoms with Gasteiger partial charge in [0.1, 0.15) is 0 Å². The first-order valence-electron chi connectivity index (χ1n) is 9.51. The minimum absolute atomic E-state index is 0.196. The topological polar surface area (TPSA) is 86.5 Å². The predicted molar refractivity (Wildman–Crippen MR) is 106 cm³/mol. The average Bonchev–Trinajstić information content (AvgIpc) is 3.12. The predicted octanol–water partition coefficient (Wildman–Crippen LogP) is 2.19. The summed E-state index contributed by atoms with van der Waals surface area (Å²) in [4.78, 5) is 36.7. The molecule has 0 saturated heterocycles. The van der Waals surface area contributed by atoms with Crippen molar-refractivity contribution in [2.75, 3.05) is 31.8 Å². The first kappa shape index (κ1) is 19.1. The fraction of sp³-hybridized carbons (Fsp3) is 0.333. The maximum atomic E-state index is 13.5. The smallest absolute Gasteiger partial charge is 0.321 e. The van der Waals surface area contributed by atoms with E-state index in [1.807, 2.05) is 41.0 Å². The van der Waals surface area contributed by atoms with Crippen molar-refractivity contribution in [2.45, 2.75) is 13.0 Å². The first-order chi connectivity index (χ1) is 14.2. The van der Waals surface area contributed by atoms with Crippen molar-refractivity contribution in [3.05, 3.63) is 54.4 Å². The van der Waals surface area contributed by atoms with E-state index in [0.29, 0.717) is 12.6 Å². The highest BCUT2D eigenvalue weighted by Gasteiger charge is 2.47. The second-order valence-electron chi connectivity index (χ2n) is 6.71. The molecule has 8 nitrogen and oxygen atoms in total. The number of aromatic nitrogens is 3. The van der Waals surface area contributed by atoms with Gasteiger partial charge in [-0.1, -0.05) is 12.1 Å². The minimum Gasteiger partial charge on any atom is -0.465 e. The third-order valence-electron chi connectivity index (χ3n) is 5.05. The zero-order valence-electron chi connectivity index (χ0n) is 16.3. The van der Waals surface area contributed by atoms with E-state index < -0.39 is 17.9 Å². The van der Waals surface area contributed by atoms with Crippen LogP contribution in [0.5, 0.6) is 0 Å². The summed E-state index contributed by atoms with van der Waals surface area (Å²) in [6.45, 7) is 2.54. The molecule has 0 fully saturated rings. The van der Waals surface area contributed by atoms with Gasteiger partial charge in [-0.25, -0.2) is 4.98 Å².